The Morgan fingerprint density at radius 2 is 2.09 bits per heavy atom. The summed E-state index contributed by atoms with van der Waals surface area (Å²) < 4.78 is 29.1. The highest BCUT2D eigenvalue weighted by Gasteiger charge is 2.03. The number of hydrogen-bond acceptors (Lipinski definition) is 3. The van der Waals surface area contributed by atoms with E-state index in [-0.39, 0.29) is 4.90 Å². The highest BCUT2D eigenvalue weighted by molar-refractivity contribution is 7.94. The molecule has 0 aliphatic carbocycles. The molecule has 5 heteroatoms. The second-order valence-electron chi connectivity index (χ2n) is 1.75. The molecule has 0 fully saturated rings. The molecule has 0 unspecified atom stereocenters. The lowest BCUT2D eigenvalue weighted by atomic mass is 10.3. The van der Waals surface area contributed by atoms with Crippen molar-refractivity contribution in [3.8, 4) is 0 Å². The Balaban J connectivity index is 2.93. The summed E-state index contributed by atoms with van der Waals surface area (Å²) in [4.78, 5) is 0.0347. The zero-order valence-corrected chi connectivity index (χ0v) is 6.20. The summed E-state index contributed by atoms with van der Waals surface area (Å²) in [5.41, 5.74) is 0. The summed E-state index contributed by atoms with van der Waals surface area (Å²) in [5, 5.41) is 0. The highest BCUT2D eigenvalue weighted by Crippen LogP contribution is 2.21. The van der Waals surface area contributed by atoms with Crippen molar-refractivity contribution in [1.29, 1.82) is 0 Å². The Labute approximate surface area is 66.5 Å². The number of hydrogen-bond donors (Lipinski definition) is 1. The zero-order chi connectivity index (χ0) is 8.27. The average molecular weight is 177 g/mol. The van der Waals surface area contributed by atoms with Crippen LogP contribution in [0.5, 0.6) is 0 Å². The van der Waals surface area contributed by atoms with Crippen LogP contribution in [0.2, 0.25) is 0 Å². The first-order valence-electron chi connectivity index (χ1n) is 2.72. The molecule has 2 N–H and O–H groups in total. The largest absolute Gasteiger partial charge is 0.229 e. The Hall–Kier alpha value is -0.650. The van der Waals surface area contributed by atoms with E-state index in [1.54, 1.807) is 0 Å². The van der Waals surface area contributed by atoms with E-state index in [9.17, 15) is 8.78 Å². The van der Waals surface area contributed by atoms with Crippen molar-refractivity contribution < 1.29 is 13.1 Å². The van der Waals surface area contributed by atoms with Crippen LogP contribution in [-0.4, -0.2) is 0 Å². The maximum atomic E-state index is 12.6. The van der Waals surface area contributed by atoms with Crippen molar-refractivity contribution in [1.82, 2.24) is 0 Å². The highest BCUT2D eigenvalue weighted by atomic mass is 32.2. The molecular formula is C6H5F2NOS. The Morgan fingerprint density at radius 1 is 1.36 bits per heavy atom. The number of rotatable bonds is 2. The fourth-order valence-corrected chi connectivity index (χ4v) is 1.00. The van der Waals surface area contributed by atoms with Crippen molar-refractivity contribution in [3.05, 3.63) is 29.8 Å². The van der Waals surface area contributed by atoms with Gasteiger partial charge < -0.3 is 0 Å². The van der Waals surface area contributed by atoms with Crippen LogP contribution >= 0.6 is 12.0 Å². The third kappa shape index (κ3) is 2.14. The van der Waals surface area contributed by atoms with E-state index in [2.05, 4.69) is 10.2 Å². The second-order valence-corrected chi connectivity index (χ2v) is 2.55. The van der Waals surface area contributed by atoms with E-state index in [0.717, 1.165) is 18.2 Å². The summed E-state index contributed by atoms with van der Waals surface area (Å²) in [6.07, 6.45) is 0. The smallest absolute Gasteiger partial charge is 0.139 e. The summed E-state index contributed by atoms with van der Waals surface area (Å²) in [6.45, 7) is 0. The first-order chi connectivity index (χ1) is 5.24. The van der Waals surface area contributed by atoms with E-state index < -0.39 is 11.6 Å². The zero-order valence-electron chi connectivity index (χ0n) is 5.38. The van der Waals surface area contributed by atoms with Crippen molar-refractivity contribution in [2.45, 2.75) is 4.90 Å². The molecule has 0 aliphatic heterocycles. The molecule has 2 nitrogen and oxygen atoms in total. The van der Waals surface area contributed by atoms with Gasteiger partial charge in [-0.15, -0.1) is 0 Å². The topological polar surface area (TPSA) is 35.2 Å². The van der Waals surface area contributed by atoms with Gasteiger partial charge in [0, 0.05) is 0 Å². The van der Waals surface area contributed by atoms with Crippen LogP contribution in [0.25, 0.3) is 0 Å². The molecule has 0 radical (unpaired) electrons. The standard InChI is InChI=1S/C6H5F2NOS/c7-4-1-2-5(8)6(3-4)11-10-9/h1-3H,9H2. The van der Waals surface area contributed by atoms with E-state index in [0.29, 0.717) is 12.0 Å². The van der Waals surface area contributed by atoms with E-state index in [1.807, 2.05) is 0 Å². The Kier molecular flexibility index (Phi) is 2.81. The van der Waals surface area contributed by atoms with E-state index in [1.165, 1.54) is 0 Å². The van der Waals surface area contributed by atoms with Gasteiger partial charge in [0.15, 0.2) is 0 Å². The van der Waals surface area contributed by atoms with Crippen LogP contribution in [0.1, 0.15) is 0 Å². The third-order valence-electron chi connectivity index (χ3n) is 1.03. The Morgan fingerprint density at radius 3 is 2.73 bits per heavy atom. The predicted molar refractivity (Wildman–Crippen MR) is 37.5 cm³/mol. The van der Waals surface area contributed by atoms with Gasteiger partial charge in [-0.25, -0.2) is 19.0 Å². The molecule has 0 aliphatic rings. The molecule has 0 aromatic heterocycles. The van der Waals surface area contributed by atoms with Crippen LogP contribution in [-0.2, 0) is 4.28 Å². The summed E-state index contributed by atoms with van der Waals surface area (Å²) >= 11 is 0.579. The molecule has 1 aromatic rings. The number of nitrogens with two attached hydrogens (primary N) is 1. The molecule has 0 spiro atoms. The normalized spacial score (nSPS) is 10.1. The van der Waals surface area contributed by atoms with Crippen molar-refractivity contribution in [3.63, 3.8) is 0 Å². The van der Waals surface area contributed by atoms with Crippen molar-refractivity contribution in [2.24, 2.45) is 5.90 Å². The first-order valence-corrected chi connectivity index (χ1v) is 3.46. The Bertz CT molecular complexity index is 256. The first kappa shape index (κ1) is 8.45. The molecule has 0 saturated heterocycles. The second kappa shape index (κ2) is 3.66. The maximum absolute atomic E-state index is 12.6. The van der Waals surface area contributed by atoms with Gasteiger partial charge in [0.05, 0.1) is 16.9 Å². The summed E-state index contributed by atoms with van der Waals surface area (Å²) in [7, 11) is 0. The maximum Gasteiger partial charge on any atom is 0.139 e. The van der Waals surface area contributed by atoms with Gasteiger partial charge in [0.2, 0.25) is 0 Å². The van der Waals surface area contributed by atoms with Gasteiger partial charge in [0.25, 0.3) is 0 Å². The minimum absolute atomic E-state index is 0.0347. The van der Waals surface area contributed by atoms with Gasteiger partial charge >= 0.3 is 0 Å². The lowest BCUT2D eigenvalue weighted by Gasteiger charge is -1.97. The van der Waals surface area contributed by atoms with Crippen LogP contribution in [0.15, 0.2) is 23.1 Å². The average Bonchev–Trinajstić information content (AvgIpc) is 1.98. The molecule has 0 saturated carbocycles. The summed E-state index contributed by atoms with van der Waals surface area (Å²) in [5.74, 6) is 3.58. The summed E-state index contributed by atoms with van der Waals surface area (Å²) in [6, 6.07) is 3.04. The molecule has 0 bridgehead atoms. The fourth-order valence-electron chi connectivity index (χ4n) is 0.593. The lowest BCUT2D eigenvalue weighted by Crippen LogP contribution is -1.90. The van der Waals surface area contributed by atoms with Gasteiger partial charge in [-0.1, -0.05) is 0 Å². The monoisotopic (exact) mass is 177 g/mol. The molecule has 11 heavy (non-hydrogen) atoms. The fraction of sp³-hybridized carbons (Fsp3) is 0. The molecule has 1 aromatic carbocycles. The predicted octanol–water partition coefficient (Wildman–Crippen LogP) is 1.86. The molecule has 1 rings (SSSR count). The molecule has 0 heterocycles. The van der Waals surface area contributed by atoms with Gasteiger partial charge in [0.1, 0.15) is 11.6 Å². The minimum atomic E-state index is -0.554. The molecular weight excluding hydrogens is 172 g/mol. The van der Waals surface area contributed by atoms with Crippen LogP contribution in [0.4, 0.5) is 8.78 Å². The van der Waals surface area contributed by atoms with Crippen LogP contribution in [0.3, 0.4) is 0 Å². The van der Waals surface area contributed by atoms with Crippen molar-refractivity contribution in [2.75, 3.05) is 0 Å². The number of benzene rings is 1. The van der Waals surface area contributed by atoms with Gasteiger partial charge in [-0.2, -0.15) is 0 Å². The molecule has 0 amide bonds. The van der Waals surface area contributed by atoms with Gasteiger partial charge in [-0.05, 0) is 18.2 Å². The molecule has 0 atom stereocenters. The number of halogens is 2. The van der Waals surface area contributed by atoms with Gasteiger partial charge in [-0.3, -0.25) is 0 Å². The third-order valence-corrected chi connectivity index (χ3v) is 1.62. The molecule has 60 valence electrons. The lowest BCUT2D eigenvalue weighted by molar-refractivity contribution is 0.396. The van der Waals surface area contributed by atoms with Crippen LogP contribution < -0.4 is 5.90 Å². The van der Waals surface area contributed by atoms with E-state index in [4.69, 9.17) is 0 Å². The quantitative estimate of drug-likeness (QED) is 0.553. The SMILES string of the molecule is NOSc1cc(F)ccc1F. The van der Waals surface area contributed by atoms with Crippen molar-refractivity contribution >= 4 is 12.0 Å². The van der Waals surface area contributed by atoms with Crippen LogP contribution in [0, 0.1) is 11.6 Å². The minimum Gasteiger partial charge on any atom is -0.229 e. The van der Waals surface area contributed by atoms with E-state index >= 15 is 0 Å².